The average Bonchev–Trinajstić information content (AvgIpc) is 3.08. The van der Waals surface area contributed by atoms with E-state index in [1.165, 1.54) is 0 Å². The van der Waals surface area contributed by atoms with Crippen molar-refractivity contribution in [2.75, 3.05) is 13.1 Å². The Balaban J connectivity index is 1.82. The highest BCUT2D eigenvalue weighted by molar-refractivity contribution is 5.93. The van der Waals surface area contributed by atoms with E-state index in [-0.39, 0.29) is 18.4 Å². The molecular weight excluding hydrogens is 296 g/mol. The Bertz CT molecular complexity index is 714. The number of pyridine rings is 1. The number of carboxylic acid groups (broad SMARTS) is 1. The molecule has 2 unspecified atom stereocenters. The summed E-state index contributed by atoms with van der Waals surface area (Å²) in [6.45, 7) is 2.74. The average molecular weight is 314 g/mol. The van der Waals surface area contributed by atoms with Crippen molar-refractivity contribution < 1.29 is 14.7 Å². The summed E-state index contributed by atoms with van der Waals surface area (Å²) in [4.78, 5) is 29.7. The number of piperidine rings is 1. The summed E-state index contributed by atoms with van der Waals surface area (Å²) in [6, 6.07) is 5.23. The lowest BCUT2D eigenvalue weighted by Crippen LogP contribution is -2.45. The number of amides is 1. The molecule has 0 saturated carbocycles. The van der Waals surface area contributed by atoms with E-state index in [0.29, 0.717) is 18.7 Å². The normalized spacial score (nSPS) is 21.2. The van der Waals surface area contributed by atoms with Crippen molar-refractivity contribution in [1.29, 1.82) is 0 Å². The Morgan fingerprint density at radius 2 is 2.13 bits per heavy atom. The molecule has 1 fully saturated rings. The first-order valence-electron chi connectivity index (χ1n) is 7.52. The van der Waals surface area contributed by atoms with Crippen LogP contribution in [0.1, 0.15) is 23.8 Å². The Morgan fingerprint density at radius 3 is 2.83 bits per heavy atom. The van der Waals surface area contributed by atoms with Gasteiger partial charge in [0.2, 0.25) is 0 Å². The van der Waals surface area contributed by atoms with Crippen LogP contribution >= 0.6 is 0 Å². The van der Waals surface area contributed by atoms with Gasteiger partial charge in [0, 0.05) is 31.7 Å². The number of hydrogen-bond acceptors (Lipinski definition) is 4. The minimum absolute atomic E-state index is 0.156. The quantitative estimate of drug-likeness (QED) is 0.926. The van der Waals surface area contributed by atoms with Gasteiger partial charge in [-0.3, -0.25) is 14.6 Å². The van der Waals surface area contributed by atoms with Crippen molar-refractivity contribution in [3.63, 3.8) is 0 Å². The first-order chi connectivity index (χ1) is 11.0. The second kappa shape index (κ2) is 6.20. The highest BCUT2D eigenvalue weighted by Crippen LogP contribution is 2.23. The molecule has 2 aromatic rings. The van der Waals surface area contributed by atoms with Gasteiger partial charge in [0.25, 0.3) is 5.91 Å². The van der Waals surface area contributed by atoms with E-state index in [2.05, 4.69) is 10.1 Å². The van der Waals surface area contributed by atoms with E-state index in [0.717, 1.165) is 5.69 Å². The van der Waals surface area contributed by atoms with Crippen molar-refractivity contribution >= 4 is 11.9 Å². The SMILES string of the molecule is CC1CC(C(=O)O)CN(C(=O)c2cc(-n3cccn3)ccn2)C1. The van der Waals surface area contributed by atoms with E-state index in [9.17, 15) is 14.7 Å². The summed E-state index contributed by atoms with van der Waals surface area (Å²) in [5, 5.41) is 13.4. The number of carbonyl (C=O) groups is 2. The lowest BCUT2D eigenvalue weighted by molar-refractivity contribution is -0.143. The first kappa shape index (κ1) is 15.2. The van der Waals surface area contributed by atoms with Gasteiger partial charge in [-0.05, 0) is 30.5 Å². The Hall–Kier alpha value is -2.70. The third kappa shape index (κ3) is 3.23. The molecule has 3 heterocycles. The summed E-state index contributed by atoms with van der Waals surface area (Å²) >= 11 is 0. The lowest BCUT2D eigenvalue weighted by atomic mass is 9.90. The van der Waals surface area contributed by atoms with E-state index in [4.69, 9.17) is 0 Å². The largest absolute Gasteiger partial charge is 0.481 e. The van der Waals surface area contributed by atoms with Crippen LogP contribution in [0.25, 0.3) is 5.69 Å². The van der Waals surface area contributed by atoms with Crippen LogP contribution in [0.5, 0.6) is 0 Å². The molecule has 3 rings (SSSR count). The number of carboxylic acids is 1. The molecule has 0 bridgehead atoms. The van der Waals surface area contributed by atoms with E-state index in [1.54, 1.807) is 46.4 Å². The van der Waals surface area contributed by atoms with E-state index in [1.807, 2.05) is 6.92 Å². The summed E-state index contributed by atoms with van der Waals surface area (Å²) in [7, 11) is 0. The third-order valence-corrected chi connectivity index (χ3v) is 4.03. The van der Waals surface area contributed by atoms with Crippen molar-refractivity contribution in [2.45, 2.75) is 13.3 Å². The minimum Gasteiger partial charge on any atom is -0.481 e. The first-order valence-corrected chi connectivity index (χ1v) is 7.52. The molecule has 0 spiro atoms. The maximum absolute atomic E-state index is 12.7. The second-order valence-corrected chi connectivity index (χ2v) is 5.94. The van der Waals surface area contributed by atoms with Crippen LogP contribution < -0.4 is 0 Å². The zero-order chi connectivity index (χ0) is 16.4. The Kier molecular flexibility index (Phi) is 4.10. The molecule has 1 aliphatic heterocycles. The number of rotatable bonds is 3. The van der Waals surface area contributed by atoms with Crippen LogP contribution in [0.4, 0.5) is 0 Å². The third-order valence-electron chi connectivity index (χ3n) is 4.03. The Morgan fingerprint density at radius 1 is 1.30 bits per heavy atom. The number of hydrogen-bond donors (Lipinski definition) is 1. The second-order valence-electron chi connectivity index (χ2n) is 5.94. The molecular formula is C16H18N4O3. The maximum atomic E-state index is 12.7. The molecule has 2 atom stereocenters. The summed E-state index contributed by atoms with van der Waals surface area (Å²) in [5.74, 6) is -1.45. The van der Waals surface area contributed by atoms with Crippen LogP contribution in [-0.2, 0) is 4.79 Å². The maximum Gasteiger partial charge on any atom is 0.308 e. The Labute approximate surface area is 133 Å². The summed E-state index contributed by atoms with van der Waals surface area (Å²) in [6.07, 6.45) is 5.60. The van der Waals surface area contributed by atoms with Crippen molar-refractivity contribution in [2.24, 2.45) is 11.8 Å². The van der Waals surface area contributed by atoms with Gasteiger partial charge in [0.05, 0.1) is 11.6 Å². The molecule has 0 aliphatic carbocycles. The van der Waals surface area contributed by atoms with Gasteiger partial charge < -0.3 is 10.0 Å². The van der Waals surface area contributed by atoms with Crippen LogP contribution in [0.2, 0.25) is 0 Å². The lowest BCUT2D eigenvalue weighted by Gasteiger charge is -2.34. The van der Waals surface area contributed by atoms with Crippen molar-refractivity contribution in [1.82, 2.24) is 19.7 Å². The molecule has 1 amide bonds. The molecule has 0 aromatic carbocycles. The fourth-order valence-electron chi connectivity index (χ4n) is 2.96. The van der Waals surface area contributed by atoms with Crippen LogP contribution in [0, 0.1) is 11.8 Å². The smallest absolute Gasteiger partial charge is 0.308 e. The zero-order valence-electron chi connectivity index (χ0n) is 12.8. The topological polar surface area (TPSA) is 88.3 Å². The highest BCUT2D eigenvalue weighted by Gasteiger charge is 2.32. The summed E-state index contributed by atoms with van der Waals surface area (Å²) in [5.41, 5.74) is 1.05. The molecule has 1 aliphatic rings. The van der Waals surface area contributed by atoms with Crippen LogP contribution in [-0.4, -0.2) is 49.7 Å². The monoisotopic (exact) mass is 314 g/mol. The number of nitrogens with zero attached hydrogens (tertiary/aromatic N) is 4. The van der Waals surface area contributed by atoms with Gasteiger partial charge in [0.15, 0.2) is 0 Å². The van der Waals surface area contributed by atoms with Crippen molar-refractivity contribution in [3.05, 3.63) is 42.5 Å². The fourth-order valence-corrected chi connectivity index (χ4v) is 2.96. The standard InChI is InChI=1S/C16H18N4O3/c1-11-7-12(16(22)23)10-19(9-11)15(21)14-8-13(3-5-17-14)20-6-2-4-18-20/h2-6,8,11-12H,7,9-10H2,1H3,(H,22,23). The van der Waals surface area contributed by atoms with Crippen LogP contribution in [0.3, 0.4) is 0 Å². The van der Waals surface area contributed by atoms with Gasteiger partial charge in [-0.1, -0.05) is 6.92 Å². The van der Waals surface area contributed by atoms with Gasteiger partial charge in [-0.15, -0.1) is 0 Å². The van der Waals surface area contributed by atoms with E-state index < -0.39 is 11.9 Å². The fraction of sp³-hybridized carbons (Fsp3) is 0.375. The van der Waals surface area contributed by atoms with Gasteiger partial charge in [-0.25, -0.2) is 4.68 Å². The number of aromatic nitrogens is 3. The summed E-state index contributed by atoms with van der Waals surface area (Å²) < 4.78 is 1.65. The van der Waals surface area contributed by atoms with E-state index >= 15 is 0 Å². The number of likely N-dealkylation sites (tertiary alicyclic amines) is 1. The molecule has 120 valence electrons. The molecule has 1 N–H and O–H groups in total. The highest BCUT2D eigenvalue weighted by atomic mass is 16.4. The molecule has 1 saturated heterocycles. The molecule has 23 heavy (non-hydrogen) atoms. The number of aliphatic carboxylic acids is 1. The van der Waals surface area contributed by atoms with Gasteiger partial charge >= 0.3 is 5.97 Å². The molecule has 7 nitrogen and oxygen atoms in total. The number of carbonyl (C=O) groups excluding carboxylic acids is 1. The van der Waals surface area contributed by atoms with Crippen LogP contribution in [0.15, 0.2) is 36.8 Å². The van der Waals surface area contributed by atoms with Crippen molar-refractivity contribution in [3.8, 4) is 5.69 Å². The molecule has 0 radical (unpaired) electrons. The van der Waals surface area contributed by atoms with Gasteiger partial charge in [0.1, 0.15) is 5.69 Å². The molecule has 7 heteroatoms. The minimum atomic E-state index is -0.854. The molecule has 2 aromatic heterocycles. The van der Waals surface area contributed by atoms with Gasteiger partial charge in [-0.2, -0.15) is 5.10 Å². The predicted octanol–water partition coefficient (Wildman–Crippen LogP) is 1.45. The zero-order valence-corrected chi connectivity index (χ0v) is 12.8. The predicted molar refractivity (Wildman–Crippen MR) is 82.2 cm³/mol.